The molecule has 4 heteroatoms. The van der Waals surface area contributed by atoms with Crippen LogP contribution in [0.5, 0.6) is 11.5 Å². The summed E-state index contributed by atoms with van der Waals surface area (Å²) in [6.07, 6.45) is 0. The van der Waals surface area contributed by atoms with Gasteiger partial charge in [-0.3, -0.25) is 4.79 Å². The van der Waals surface area contributed by atoms with Crippen LogP contribution in [0, 0.1) is 0 Å². The van der Waals surface area contributed by atoms with E-state index in [1.165, 1.54) is 6.07 Å². The second-order valence-corrected chi connectivity index (χ2v) is 3.59. The Hall–Kier alpha value is -1.71. The SMILES string of the molecule is CCOc1cc(C(=O)N(CC)CC)ccc1O. The molecule has 0 aromatic heterocycles. The summed E-state index contributed by atoms with van der Waals surface area (Å²) in [4.78, 5) is 13.8. The molecule has 94 valence electrons. The van der Waals surface area contributed by atoms with E-state index in [0.717, 1.165) is 0 Å². The van der Waals surface area contributed by atoms with Crippen LogP contribution < -0.4 is 4.74 Å². The molecule has 1 aromatic carbocycles. The van der Waals surface area contributed by atoms with Crippen molar-refractivity contribution in [2.45, 2.75) is 20.8 Å². The van der Waals surface area contributed by atoms with E-state index in [-0.39, 0.29) is 11.7 Å². The normalized spacial score (nSPS) is 10.1. The molecule has 0 aliphatic carbocycles. The van der Waals surface area contributed by atoms with Gasteiger partial charge in [0.15, 0.2) is 11.5 Å². The number of nitrogens with zero attached hydrogens (tertiary/aromatic N) is 1. The summed E-state index contributed by atoms with van der Waals surface area (Å²) in [7, 11) is 0. The summed E-state index contributed by atoms with van der Waals surface area (Å²) in [6, 6.07) is 4.68. The van der Waals surface area contributed by atoms with E-state index < -0.39 is 0 Å². The van der Waals surface area contributed by atoms with Crippen molar-refractivity contribution in [3.05, 3.63) is 23.8 Å². The van der Waals surface area contributed by atoms with E-state index in [9.17, 15) is 9.90 Å². The molecule has 0 saturated carbocycles. The Balaban J connectivity index is 2.98. The Morgan fingerprint density at radius 3 is 2.47 bits per heavy atom. The van der Waals surface area contributed by atoms with Crippen molar-refractivity contribution in [3.8, 4) is 11.5 Å². The largest absolute Gasteiger partial charge is 0.504 e. The number of carbonyl (C=O) groups is 1. The predicted molar refractivity (Wildman–Crippen MR) is 66.5 cm³/mol. The second-order valence-electron chi connectivity index (χ2n) is 3.59. The van der Waals surface area contributed by atoms with Crippen molar-refractivity contribution < 1.29 is 14.6 Å². The lowest BCUT2D eigenvalue weighted by atomic mass is 10.1. The number of hydrogen-bond acceptors (Lipinski definition) is 3. The third-order valence-corrected chi connectivity index (χ3v) is 2.56. The molecule has 17 heavy (non-hydrogen) atoms. The third kappa shape index (κ3) is 3.12. The number of benzene rings is 1. The van der Waals surface area contributed by atoms with Crippen LogP contribution in [-0.2, 0) is 0 Å². The summed E-state index contributed by atoms with van der Waals surface area (Å²) in [5.41, 5.74) is 0.537. The van der Waals surface area contributed by atoms with Gasteiger partial charge in [0.2, 0.25) is 0 Å². The summed E-state index contributed by atoms with van der Waals surface area (Å²) < 4.78 is 5.25. The maximum Gasteiger partial charge on any atom is 0.253 e. The molecule has 0 aliphatic heterocycles. The topological polar surface area (TPSA) is 49.8 Å². The minimum Gasteiger partial charge on any atom is -0.504 e. The van der Waals surface area contributed by atoms with Gasteiger partial charge in [0.25, 0.3) is 5.91 Å². The molecule has 0 unspecified atom stereocenters. The molecule has 0 saturated heterocycles. The first-order valence-corrected chi connectivity index (χ1v) is 5.89. The van der Waals surface area contributed by atoms with Crippen LogP contribution in [0.2, 0.25) is 0 Å². The molecule has 1 amide bonds. The van der Waals surface area contributed by atoms with Gasteiger partial charge in [-0.05, 0) is 39.0 Å². The van der Waals surface area contributed by atoms with Gasteiger partial charge in [-0.1, -0.05) is 0 Å². The highest BCUT2D eigenvalue weighted by atomic mass is 16.5. The van der Waals surface area contributed by atoms with E-state index in [2.05, 4.69) is 0 Å². The molecular formula is C13H19NO3. The van der Waals surface area contributed by atoms with Crippen LogP contribution in [0.25, 0.3) is 0 Å². The summed E-state index contributed by atoms with van der Waals surface area (Å²) in [6.45, 7) is 7.49. The Bertz CT molecular complexity index is 386. The number of phenolic OH excluding ortho intramolecular Hbond substituents is 1. The number of aromatic hydroxyl groups is 1. The second kappa shape index (κ2) is 6.13. The molecule has 0 bridgehead atoms. The van der Waals surface area contributed by atoms with Gasteiger partial charge in [-0.25, -0.2) is 0 Å². The van der Waals surface area contributed by atoms with Crippen molar-refractivity contribution in [1.82, 2.24) is 4.90 Å². The third-order valence-electron chi connectivity index (χ3n) is 2.56. The minimum atomic E-state index is -0.0454. The van der Waals surface area contributed by atoms with Crippen LogP contribution in [0.3, 0.4) is 0 Å². The number of rotatable bonds is 5. The standard InChI is InChI=1S/C13H19NO3/c1-4-14(5-2)13(16)10-7-8-11(15)12(9-10)17-6-3/h7-9,15H,4-6H2,1-3H3. The van der Waals surface area contributed by atoms with Crippen molar-refractivity contribution in [3.63, 3.8) is 0 Å². The first-order chi connectivity index (χ1) is 8.13. The predicted octanol–water partition coefficient (Wildman–Crippen LogP) is 2.27. The zero-order chi connectivity index (χ0) is 12.8. The Kier molecular flexibility index (Phi) is 4.82. The minimum absolute atomic E-state index is 0.0454. The van der Waals surface area contributed by atoms with E-state index in [4.69, 9.17) is 4.74 Å². The average Bonchev–Trinajstić information content (AvgIpc) is 2.33. The maximum absolute atomic E-state index is 12.1. The molecule has 0 aliphatic rings. The molecular weight excluding hydrogens is 218 g/mol. The van der Waals surface area contributed by atoms with Crippen molar-refractivity contribution in [2.75, 3.05) is 19.7 Å². The van der Waals surface area contributed by atoms with Gasteiger partial charge < -0.3 is 14.7 Å². The van der Waals surface area contributed by atoms with Gasteiger partial charge in [-0.15, -0.1) is 0 Å². The highest BCUT2D eigenvalue weighted by molar-refractivity contribution is 5.94. The molecule has 1 rings (SSSR count). The lowest BCUT2D eigenvalue weighted by molar-refractivity contribution is 0.0772. The van der Waals surface area contributed by atoms with Gasteiger partial charge >= 0.3 is 0 Å². The fourth-order valence-corrected chi connectivity index (χ4v) is 1.61. The van der Waals surface area contributed by atoms with E-state index in [0.29, 0.717) is 31.0 Å². The highest BCUT2D eigenvalue weighted by Crippen LogP contribution is 2.27. The average molecular weight is 237 g/mol. The molecule has 1 aromatic rings. The van der Waals surface area contributed by atoms with Gasteiger partial charge in [0.1, 0.15) is 0 Å². The van der Waals surface area contributed by atoms with E-state index in [1.54, 1.807) is 17.0 Å². The monoisotopic (exact) mass is 237 g/mol. The molecule has 1 N–H and O–H groups in total. The fraction of sp³-hybridized carbons (Fsp3) is 0.462. The zero-order valence-electron chi connectivity index (χ0n) is 10.6. The summed E-state index contributed by atoms with van der Waals surface area (Å²) in [5.74, 6) is 0.365. The maximum atomic E-state index is 12.1. The number of amides is 1. The molecule has 0 fully saturated rings. The number of ether oxygens (including phenoxy) is 1. The summed E-state index contributed by atoms with van der Waals surface area (Å²) >= 11 is 0. The lowest BCUT2D eigenvalue weighted by Gasteiger charge is -2.19. The molecule has 0 atom stereocenters. The van der Waals surface area contributed by atoms with E-state index in [1.807, 2.05) is 20.8 Å². The first kappa shape index (κ1) is 13.4. The summed E-state index contributed by atoms with van der Waals surface area (Å²) in [5, 5.41) is 9.55. The molecule has 0 radical (unpaired) electrons. The number of hydrogen-bond donors (Lipinski definition) is 1. The lowest BCUT2D eigenvalue weighted by Crippen LogP contribution is -2.30. The van der Waals surface area contributed by atoms with Gasteiger partial charge in [0.05, 0.1) is 6.61 Å². The number of carbonyl (C=O) groups excluding carboxylic acids is 1. The van der Waals surface area contributed by atoms with Crippen molar-refractivity contribution in [2.24, 2.45) is 0 Å². The fourth-order valence-electron chi connectivity index (χ4n) is 1.61. The Labute approximate surface area is 102 Å². The molecule has 4 nitrogen and oxygen atoms in total. The Morgan fingerprint density at radius 2 is 1.94 bits per heavy atom. The van der Waals surface area contributed by atoms with Gasteiger partial charge in [-0.2, -0.15) is 0 Å². The van der Waals surface area contributed by atoms with E-state index >= 15 is 0 Å². The Morgan fingerprint density at radius 1 is 1.29 bits per heavy atom. The molecule has 0 spiro atoms. The van der Waals surface area contributed by atoms with Gasteiger partial charge in [0, 0.05) is 18.7 Å². The first-order valence-electron chi connectivity index (χ1n) is 5.89. The highest BCUT2D eigenvalue weighted by Gasteiger charge is 2.14. The smallest absolute Gasteiger partial charge is 0.253 e. The van der Waals surface area contributed by atoms with Crippen LogP contribution in [0.4, 0.5) is 0 Å². The van der Waals surface area contributed by atoms with Crippen LogP contribution in [0.15, 0.2) is 18.2 Å². The molecule has 0 heterocycles. The number of phenols is 1. The van der Waals surface area contributed by atoms with Crippen LogP contribution in [0.1, 0.15) is 31.1 Å². The van der Waals surface area contributed by atoms with Crippen molar-refractivity contribution in [1.29, 1.82) is 0 Å². The van der Waals surface area contributed by atoms with Crippen LogP contribution in [-0.4, -0.2) is 35.6 Å². The van der Waals surface area contributed by atoms with Crippen LogP contribution >= 0.6 is 0 Å². The quantitative estimate of drug-likeness (QED) is 0.854. The van der Waals surface area contributed by atoms with Crippen molar-refractivity contribution >= 4 is 5.91 Å². The zero-order valence-corrected chi connectivity index (χ0v) is 10.6.